The molecule has 1 N–H and O–H groups in total. The van der Waals surface area contributed by atoms with E-state index in [0.717, 1.165) is 6.07 Å². The van der Waals surface area contributed by atoms with Crippen LogP contribution < -0.4 is 4.74 Å². The zero-order valence-corrected chi connectivity index (χ0v) is 11.6. The predicted molar refractivity (Wildman–Crippen MR) is 70.0 cm³/mol. The van der Waals surface area contributed by atoms with Crippen LogP contribution >= 0.6 is 0 Å². The van der Waals surface area contributed by atoms with Gasteiger partial charge in [-0.1, -0.05) is 18.2 Å². The maximum atomic E-state index is 13.1. The number of nitrogens with zero attached hydrogens (tertiary/aromatic N) is 2. The monoisotopic (exact) mass is 300 g/mol. The summed E-state index contributed by atoms with van der Waals surface area (Å²) in [7, 11) is 1.38. The lowest BCUT2D eigenvalue weighted by atomic mass is 9.99. The standard InChI is InChI=1S/C14H15F3N2O2/c1-3-19-12(11(21-2)8-18-19)13(20)9-6-4-5-7-10(9)14(15,16)17/h4-8,13,20H,3H2,1-2H3. The molecule has 1 aromatic heterocycles. The Morgan fingerprint density at radius 3 is 2.57 bits per heavy atom. The molecule has 0 aliphatic rings. The van der Waals surface area contributed by atoms with Crippen molar-refractivity contribution in [1.29, 1.82) is 0 Å². The lowest BCUT2D eigenvalue weighted by Crippen LogP contribution is -2.16. The van der Waals surface area contributed by atoms with E-state index in [9.17, 15) is 18.3 Å². The zero-order chi connectivity index (χ0) is 15.6. The molecular weight excluding hydrogens is 285 g/mol. The predicted octanol–water partition coefficient (Wildman–Crippen LogP) is 3.01. The summed E-state index contributed by atoms with van der Waals surface area (Å²) in [5.41, 5.74) is -0.890. The minimum absolute atomic E-state index is 0.205. The molecule has 4 nitrogen and oxygen atoms in total. The lowest BCUT2D eigenvalue weighted by Gasteiger charge is -2.19. The van der Waals surface area contributed by atoms with Crippen molar-refractivity contribution in [3.05, 3.63) is 47.3 Å². The van der Waals surface area contributed by atoms with Gasteiger partial charge in [-0.05, 0) is 18.6 Å². The lowest BCUT2D eigenvalue weighted by molar-refractivity contribution is -0.139. The Balaban J connectivity index is 2.56. The molecule has 1 heterocycles. The van der Waals surface area contributed by atoms with Crippen molar-refractivity contribution in [2.45, 2.75) is 25.7 Å². The quantitative estimate of drug-likeness (QED) is 0.944. The van der Waals surface area contributed by atoms with Gasteiger partial charge in [-0.2, -0.15) is 18.3 Å². The zero-order valence-electron chi connectivity index (χ0n) is 11.6. The number of methoxy groups -OCH3 is 1. The molecule has 1 unspecified atom stereocenters. The van der Waals surface area contributed by atoms with Crippen molar-refractivity contribution < 1.29 is 23.0 Å². The molecule has 0 aliphatic heterocycles. The summed E-state index contributed by atoms with van der Waals surface area (Å²) in [5.74, 6) is 0.251. The van der Waals surface area contributed by atoms with Gasteiger partial charge in [0.2, 0.25) is 0 Å². The second kappa shape index (κ2) is 5.77. The number of aromatic nitrogens is 2. The van der Waals surface area contributed by atoms with Gasteiger partial charge in [0.25, 0.3) is 0 Å². The molecule has 0 fully saturated rings. The molecule has 0 spiro atoms. The van der Waals surface area contributed by atoms with Crippen LogP contribution in [0.25, 0.3) is 0 Å². The van der Waals surface area contributed by atoms with Crippen LogP contribution in [0.2, 0.25) is 0 Å². The van der Waals surface area contributed by atoms with E-state index >= 15 is 0 Å². The van der Waals surface area contributed by atoms with Crippen molar-refractivity contribution in [2.75, 3.05) is 7.11 Å². The third-order valence-electron chi connectivity index (χ3n) is 3.18. The minimum Gasteiger partial charge on any atom is -0.493 e. The van der Waals surface area contributed by atoms with E-state index in [0.29, 0.717) is 6.54 Å². The Hall–Kier alpha value is -2.02. The maximum Gasteiger partial charge on any atom is 0.416 e. The summed E-state index contributed by atoms with van der Waals surface area (Å²) in [4.78, 5) is 0. The Bertz CT molecular complexity index is 601. The molecule has 0 aliphatic carbocycles. The van der Waals surface area contributed by atoms with Crippen LogP contribution in [-0.2, 0) is 12.7 Å². The van der Waals surface area contributed by atoms with Crippen molar-refractivity contribution in [3.63, 3.8) is 0 Å². The van der Waals surface area contributed by atoms with Gasteiger partial charge in [0.15, 0.2) is 5.75 Å². The summed E-state index contributed by atoms with van der Waals surface area (Å²) in [6.45, 7) is 2.18. The van der Waals surface area contributed by atoms with Crippen LogP contribution in [0, 0.1) is 0 Å². The second-order valence-corrected chi connectivity index (χ2v) is 4.40. The van der Waals surface area contributed by atoms with Gasteiger partial charge in [0.1, 0.15) is 11.8 Å². The number of aliphatic hydroxyl groups excluding tert-OH is 1. The molecule has 0 saturated carbocycles. The maximum absolute atomic E-state index is 13.1. The highest BCUT2D eigenvalue weighted by atomic mass is 19.4. The first kappa shape index (κ1) is 15.4. The van der Waals surface area contributed by atoms with Gasteiger partial charge in [0.05, 0.1) is 18.9 Å². The SMILES string of the molecule is CCn1ncc(OC)c1C(O)c1ccccc1C(F)(F)F. The topological polar surface area (TPSA) is 47.3 Å². The van der Waals surface area contributed by atoms with Crippen molar-refractivity contribution >= 4 is 0 Å². The Morgan fingerprint density at radius 1 is 1.33 bits per heavy atom. The summed E-state index contributed by atoms with van der Waals surface area (Å²) in [6.07, 6.45) is -4.64. The summed E-state index contributed by atoms with van der Waals surface area (Å²) in [5, 5.41) is 14.4. The third kappa shape index (κ3) is 2.87. The Kier molecular flexibility index (Phi) is 4.22. The highest BCUT2D eigenvalue weighted by Crippen LogP contribution is 2.38. The van der Waals surface area contributed by atoms with E-state index < -0.39 is 17.8 Å². The highest BCUT2D eigenvalue weighted by Gasteiger charge is 2.36. The first-order valence-electron chi connectivity index (χ1n) is 6.34. The summed E-state index contributed by atoms with van der Waals surface area (Å²) >= 11 is 0. The first-order valence-corrected chi connectivity index (χ1v) is 6.34. The van der Waals surface area contributed by atoms with Crippen LogP contribution in [0.3, 0.4) is 0 Å². The van der Waals surface area contributed by atoms with Crippen molar-refractivity contribution in [3.8, 4) is 5.75 Å². The molecule has 1 atom stereocenters. The number of halogens is 3. The first-order chi connectivity index (χ1) is 9.90. The highest BCUT2D eigenvalue weighted by molar-refractivity contribution is 5.40. The Labute approximate surface area is 119 Å². The van der Waals surface area contributed by atoms with Gasteiger partial charge >= 0.3 is 6.18 Å². The average molecular weight is 300 g/mol. The van der Waals surface area contributed by atoms with E-state index in [1.165, 1.54) is 36.2 Å². The average Bonchev–Trinajstić information content (AvgIpc) is 2.88. The van der Waals surface area contributed by atoms with E-state index in [-0.39, 0.29) is 17.0 Å². The number of hydrogen-bond donors (Lipinski definition) is 1. The summed E-state index contributed by atoms with van der Waals surface area (Å²) < 4.78 is 45.6. The number of benzene rings is 1. The largest absolute Gasteiger partial charge is 0.493 e. The number of ether oxygens (including phenoxy) is 1. The number of alkyl halides is 3. The fraction of sp³-hybridized carbons (Fsp3) is 0.357. The molecular formula is C14H15F3N2O2. The smallest absolute Gasteiger partial charge is 0.416 e. The number of rotatable bonds is 4. The van der Waals surface area contributed by atoms with Crippen LogP contribution in [0.15, 0.2) is 30.5 Å². The molecule has 2 rings (SSSR count). The van der Waals surface area contributed by atoms with Gasteiger partial charge in [-0.3, -0.25) is 4.68 Å². The van der Waals surface area contributed by atoms with Gasteiger partial charge in [0, 0.05) is 6.54 Å². The molecule has 2 aromatic rings. The molecule has 114 valence electrons. The Morgan fingerprint density at radius 2 is 2.00 bits per heavy atom. The molecule has 0 bridgehead atoms. The molecule has 1 aromatic carbocycles. The number of hydrogen-bond acceptors (Lipinski definition) is 3. The molecule has 21 heavy (non-hydrogen) atoms. The van der Waals surface area contributed by atoms with Crippen LogP contribution in [-0.4, -0.2) is 22.0 Å². The van der Waals surface area contributed by atoms with Crippen LogP contribution in [0.1, 0.15) is 29.8 Å². The minimum atomic E-state index is -4.54. The van der Waals surface area contributed by atoms with E-state index in [1.54, 1.807) is 6.92 Å². The fourth-order valence-corrected chi connectivity index (χ4v) is 2.20. The fourth-order valence-electron chi connectivity index (χ4n) is 2.20. The van der Waals surface area contributed by atoms with Crippen LogP contribution in [0.5, 0.6) is 5.75 Å². The molecule has 0 amide bonds. The molecule has 7 heteroatoms. The molecule has 0 saturated heterocycles. The van der Waals surface area contributed by atoms with Crippen molar-refractivity contribution in [1.82, 2.24) is 9.78 Å². The summed E-state index contributed by atoms with van der Waals surface area (Å²) in [6, 6.07) is 4.93. The van der Waals surface area contributed by atoms with E-state index in [2.05, 4.69) is 5.10 Å². The van der Waals surface area contributed by atoms with Gasteiger partial charge in [-0.25, -0.2) is 0 Å². The third-order valence-corrected chi connectivity index (χ3v) is 3.18. The van der Waals surface area contributed by atoms with Gasteiger partial charge in [-0.15, -0.1) is 0 Å². The van der Waals surface area contributed by atoms with Gasteiger partial charge < -0.3 is 9.84 Å². The van der Waals surface area contributed by atoms with Crippen molar-refractivity contribution in [2.24, 2.45) is 0 Å². The van der Waals surface area contributed by atoms with Crippen LogP contribution in [0.4, 0.5) is 13.2 Å². The second-order valence-electron chi connectivity index (χ2n) is 4.40. The van der Waals surface area contributed by atoms with E-state index in [1.807, 2.05) is 0 Å². The number of aryl methyl sites for hydroxylation is 1. The van der Waals surface area contributed by atoms with E-state index in [4.69, 9.17) is 4.74 Å². The normalized spacial score (nSPS) is 13.2. The number of aliphatic hydroxyl groups is 1. The molecule has 0 radical (unpaired) electrons.